The van der Waals surface area contributed by atoms with Crippen molar-refractivity contribution in [2.45, 2.75) is 6.92 Å². The first-order valence-corrected chi connectivity index (χ1v) is 10.3. The van der Waals surface area contributed by atoms with Crippen LogP contribution in [0.25, 0.3) is 0 Å². The molecular formula is C19H20N2O7S. The van der Waals surface area contributed by atoms with Crippen LogP contribution in [0.1, 0.15) is 17.3 Å². The molecule has 0 unspecified atom stereocenters. The van der Waals surface area contributed by atoms with Gasteiger partial charge in [-0.1, -0.05) is 6.07 Å². The second-order valence-electron chi connectivity index (χ2n) is 6.07. The summed E-state index contributed by atoms with van der Waals surface area (Å²) in [6.45, 7) is 1.10. The largest absolute Gasteiger partial charge is 0.465 e. The van der Waals surface area contributed by atoms with E-state index < -0.39 is 28.4 Å². The summed E-state index contributed by atoms with van der Waals surface area (Å²) < 4.78 is 41.4. The summed E-state index contributed by atoms with van der Waals surface area (Å²) in [6.07, 6.45) is 0. The number of rotatable bonds is 7. The van der Waals surface area contributed by atoms with Crippen LogP contribution in [-0.4, -0.2) is 46.5 Å². The molecule has 0 saturated carbocycles. The van der Waals surface area contributed by atoms with Crippen molar-refractivity contribution in [1.82, 2.24) is 0 Å². The first-order valence-electron chi connectivity index (χ1n) is 8.72. The number of hydrogen-bond donors (Lipinski definition) is 1. The lowest BCUT2D eigenvalue weighted by molar-refractivity contribution is -0.114. The molecule has 0 radical (unpaired) electrons. The van der Waals surface area contributed by atoms with Crippen molar-refractivity contribution in [3.05, 3.63) is 48.0 Å². The maximum Gasteiger partial charge on any atom is 0.337 e. The molecule has 2 aromatic carbocycles. The molecule has 1 aliphatic rings. The van der Waals surface area contributed by atoms with Crippen LogP contribution in [0.3, 0.4) is 0 Å². The Labute approximate surface area is 168 Å². The van der Waals surface area contributed by atoms with Crippen molar-refractivity contribution in [1.29, 1.82) is 0 Å². The van der Waals surface area contributed by atoms with Crippen LogP contribution < -0.4 is 19.1 Å². The number of amides is 1. The summed E-state index contributed by atoms with van der Waals surface area (Å²) in [6, 6.07) is 10.8. The molecule has 0 aliphatic carbocycles. The topological polar surface area (TPSA) is 111 Å². The van der Waals surface area contributed by atoms with Gasteiger partial charge in [0.1, 0.15) is 6.54 Å². The number of benzene rings is 2. The summed E-state index contributed by atoms with van der Waals surface area (Å²) in [5.41, 5.74) is 0.895. The van der Waals surface area contributed by atoms with E-state index in [-0.39, 0.29) is 23.8 Å². The van der Waals surface area contributed by atoms with Gasteiger partial charge in [0.2, 0.25) is 22.7 Å². The third-order valence-corrected chi connectivity index (χ3v) is 5.94. The number of nitrogens with zero attached hydrogens (tertiary/aromatic N) is 1. The van der Waals surface area contributed by atoms with Crippen molar-refractivity contribution < 1.29 is 32.2 Å². The van der Waals surface area contributed by atoms with Gasteiger partial charge in [-0.3, -0.25) is 9.10 Å². The third kappa shape index (κ3) is 4.60. The van der Waals surface area contributed by atoms with E-state index in [9.17, 15) is 18.0 Å². The summed E-state index contributed by atoms with van der Waals surface area (Å²) in [5, 5.41) is 2.60. The van der Waals surface area contributed by atoms with E-state index in [1.807, 2.05) is 0 Å². The van der Waals surface area contributed by atoms with E-state index in [0.29, 0.717) is 17.2 Å². The molecule has 2 aromatic rings. The Balaban J connectivity index is 1.81. The molecular weight excluding hydrogens is 400 g/mol. The first kappa shape index (κ1) is 20.5. The van der Waals surface area contributed by atoms with Gasteiger partial charge in [-0.05, 0) is 37.3 Å². The minimum Gasteiger partial charge on any atom is -0.465 e. The Hall–Kier alpha value is -3.27. The standard InChI is InChI=1S/C19H20N2O7S/c1-3-29(24,25)21(15-7-8-16-17(10-15)28-12-27-16)11-18(22)20-14-6-4-5-13(9-14)19(23)26-2/h4-10H,3,11-12H2,1-2H3,(H,20,22). The SMILES string of the molecule is CCS(=O)(=O)N(CC(=O)Nc1cccc(C(=O)OC)c1)c1ccc2c(c1)OCO2. The van der Waals surface area contributed by atoms with Gasteiger partial charge in [0, 0.05) is 11.8 Å². The molecule has 1 heterocycles. The highest BCUT2D eigenvalue weighted by atomic mass is 32.2. The van der Waals surface area contributed by atoms with Gasteiger partial charge in [-0.15, -0.1) is 0 Å². The van der Waals surface area contributed by atoms with Crippen LogP contribution in [0, 0.1) is 0 Å². The second-order valence-corrected chi connectivity index (χ2v) is 8.25. The van der Waals surface area contributed by atoms with Crippen molar-refractivity contribution in [2.75, 3.05) is 35.8 Å². The number of hydrogen-bond acceptors (Lipinski definition) is 7. The highest BCUT2D eigenvalue weighted by Crippen LogP contribution is 2.36. The minimum absolute atomic E-state index is 0.0519. The Kier molecular flexibility index (Phi) is 5.92. The predicted molar refractivity (Wildman–Crippen MR) is 106 cm³/mol. The van der Waals surface area contributed by atoms with E-state index >= 15 is 0 Å². The van der Waals surface area contributed by atoms with Crippen LogP contribution in [-0.2, 0) is 19.6 Å². The number of methoxy groups -OCH3 is 1. The molecule has 0 bridgehead atoms. The van der Waals surface area contributed by atoms with Crippen molar-refractivity contribution in [2.24, 2.45) is 0 Å². The van der Waals surface area contributed by atoms with Crippen LogP contribution in [0.15, 0.2) is 42.5 Å². The molecule has 0 fully saturated rings. The molecule has 1 N–H and O–H groups in total. The zero-order valence-corrected chi connectivity index (χ0v) is 16.7. The maximum atomic E-state index is 12.6. The molecule has 0 saturated heterocycles. The van der Waals surface area contributed by atoms with Crippen LogP contribution >= 0.6 is 0 Å². The molecule has 0 aromatic heterocycles. The monoisotopic (exact) mass is 420 g/mol. The van der Waals surface area contributed by atoms with Crippen molar-refractivity contribution in [3.63, 3.8) is 0 Å². The Bertz CT molecular complexity index is 1040. The van der Waals surface area contributed by atoms with Gasteiger partial charge in [0.15, 0.2) is 11.5 Å². The number of carbonyl (C=O) groups excluding carboxylic acids is 2. The highest BCUT2D eigenvalue weighted by Gasteiger charge is 2.26. The summed E-state index contributed by atoms with van der Waals surface area (Å²) >= 11 is 0. The molecule has 29 heavy (non-hydrogen) atoms. The molecule has 1 aliphatic heterocycles. The van der Waals surface area contributed by atoms with Crippen LogP contribution in [0.4, 0.5) is 11.4 Å². The summed E-state index contributed by atoms with van der Waals surface area (Å²) in [7, 11) is -2.49. The highest BCUT2D eigenvalue weighted by molar-refractivity contribution is 7.92. The lowest BCUT2D eigenvalue weighted by atomic mass is 10.2. The summed E-state index contributed by atoms with van der Waals surface area (Å²) in [5.74, 6) is -0.387. The van der Waals surface area contributed by atoms with Gasteiger partial charge >= 0.3 is 5.97 Å². The Morgan fingerprint density at radius 2 is 1.90 bits per heavy atom. The van der Waals surface area contributed by atoms with Gasteiger partial charge in [0.25, 0.3) is 0 Å². The molecule has 3 rings (SSSR count). The van der Waals surface area contributed by atoms with Gasteiger partial charge < -0.3 is 19.5 Å². The fraction of sp³-hybridized carbons (Fsp3) is 0.263. The number of ether oxygens (including phenoxy) is 3. The van der Waals surface area contributed by atoms with E-state index in [1.54, 1.807) is 30.3 Å². The van der Waals surface area contributed by atoms with Gasteiger partial charge in [-0.25, -0.2) is 13.2 Å². The molecule has 10 heteroatoms. The van der Waals surface area contributed by atoms with Gasteiger partial charge in [-0.2, -0.15) is 0 Å². The normalized spacial score (nSPS) is 12.3. The zero-order chi connectivity index (χ0) is 21.0. The van der Waals surface area contributed by atoms with Crippen LogP contribution in [0.5, 0.6) is 11.5 Å². The fourth-order valence-electron chi connectivity index (χ4n) is 2.72. The van der Waals surface area contributed by atoms with Gasteiger partial charge in [0.05, 0.1) is 24.1 Å². The number of carbonyl (C=O) groups is 2. The molecule has 154 valence electrons. The van der Waals surface area contributed by atoms with E-state index in [0.717, 1.165) is 4.31 Å². The quantitative estimate of drug-likeness (QED) is 0.682. The fourth-order valence-corrected chi connectivity index (χ4v) is 3.78. The zero-order valence-electron chi connectivity index (χ0n) is 15.9. The number of esters is 1. The van der Waals surface area contributed by atoms with Crippen molar-refractivity contribution >= 4 is 33.3 Å². The van der Waals surface area contributed by atoms with Crippen LogP contribution in [0.2, 0.25) is 0 Å². The smallest absolute Gasteiger partial charge is 0.337 e. The average Bonchev–Trinajstić information content (AvgIpc) is 3.19. The number of sulfonamides is 1. The minimum atomic E-state index is -3.74. The molecule has 1 amide bonds. The Morgan fingerprint density at radius 1 is 1.14 bits per heavy atom. The maximum absolute atomic E-state index is 12.6. The average molecular weight is 420 g/mol. The second kappa shape index (κ2) is 8.39. The number of anilines is 2. The van der Waals surface area contributed by atoms with E-state index in [1.165, 1.54) is 26.2 Å². The third-order valence-electron chi connectivity index (χ3n) is 4.20. The molecule has 0 atom stereocenters. The number of nitrogens with one attached hydrogen (secondary N) is 1. The lowest BCUT2D eigenvalue weighted by Crippen LogP contribution is -2.39. The molecule has 9 nitrogen and oxygen atoms in total. The van der Waals surface area contributed by atoms with Crippen molar-refractivity contribution in [3.8, 4) is 11.5 Å². The first-order chi connectivity index (χ1) is 13.8. The lowest BCUT2D eigenvalue weighted by Gasteiger charge is -2.23. The van der Waals surface area contributed by atoms with E-state index in [4.69, 9.17) is 9.47 Å². The van der Waals surface area contributed by atoms with E-state index in [2.05, 4.69) is 10.1 Å². The summed E-state index contributed by atoms with van der Waals surface area (Å²) in [4.78, 5) is 24.2. The molecule has 0 spiro atoms. The Morgan fingerprint density at radius 3 is 2.62 bits per heavy atom. The predicted octanol–water partition coefficient (Wildman–Crippen LogP) is 2.00. The number of fused-ring (bicyclic) bond motifs is 1.